The number of carbonyl (C=O) groups excluding carboxylic acids is 3. The van der Waals surface area contributed by atoms with Crippen LogP contribution >= 0.6 is 35.0 Å². The van der Waals surface area contributed by atoms with Gasteiger partial charge in [0.2, 0.25) is 0 Å². The van der Waals surface area contributed by atoms with Crippen LogP contribution in [0, 0.1) is 0 Å². The molecule has 2 amide bonds. The van der Waals surface area contributed by atoms with Crippen LogP contribution in [0.25, 0.3) is 0 Å². The number of urea groups is 1. The van der Waals surface area contributed by atoms with Crippen molar-refractivity contribution in [3.05, 3.63) is 45.1 Å². The van der Waals surface area contributed by atoms with Crippen molar-refractivity contribution >= 4 is 52.9 Å². The molecule has 1 unspecified atom stereocenters. The molecular formula is C18H20Cl2N2O5S. The maximum Gasteiger partial charge on any atom is 0.337 e. The molecule has 1 aromatic rings. The Labute approximate surface area is 177 Å². The Morgan fingerprint density at radius 2 is 1.96 bits per heavy atom. The zero-order chi connectivity index (χ0) is 20.7. The second-order valence-electron chi connectivity index (χ2n) is 5.83. The third kappa shape index (κ3) is 6.32. The Hall–Kier alpha value is -1.90. The number of halogens is 2. The molecule has 1 atom stereocenters. The van der Waals surface area contributed by atoms with Crippen molar-refractivity contribution in [3.63, 3.8) is 0 Å². The summed E-state index contributed by atoms with van der Waals surface area (Å²) in [6.07, 6.45) is 0. The lowest BCUT2D eigenvalue weighted by atomic mass is 10.1. The summed E-state index contributed by atoms with van der Waals surface area (Å²) in [6.45, 7) is 3.70. The van der Waals surface area contributed by atoms with Crippen molar-refractivity contribution in [1.29, 1.82) is 0 Å². The van der Waals surface area contributed by atoms with Crippen LogP contribution in [0.15, 0.2) is 29.5 Å². The average Bonchev–Trinajstić information content (AvgIpc) is 2.62. The zero-order valence-corrected chi connectivity index (χ0v) is 17.7. The number of hydrogen-bond acceptors (Lipinski definition) is 6. The summed E-state index contributed by atoms with van der Waals surface area (Å²) in [5.41, 5.74) is 1.50. The van der Waals surface area contributed by atoms with E-state index in [1.807, 2.05) is 0 Å². The smallest absolute Gasteiger partial charge is 0.337 e. The van der Waals surface area contributed by atoms with Crippen LogP contribution in [-0.4, -0.2) is 42.1 Å². The topological polar surface area (TPSA) is 93.7 Å². The summed E-state index contributed by atoms with van der Waals surface area (Å²) in [5, 5.41) is 6.04. The van der Waals surface area contributed by atoms with Gasteiger partial charge in [0.05, 0.1) is 34.0 Å². The minimum Gasteiger partial charge on any atom is -0.463 e. The number of nitrogens with one attached hydrogen (secondary N) is 2. The van der Waals surface area contributed by atoms with Gasteiger partial charge in [0.15, 0.2) is 0 Å². The molecule has 7 nitrogen and oxygen atoms in total. The van der Waals surface area contributed by atoms with Gasteiger partial charge in [-0.3, -0.25) is 4.79 Å². The summed E-state index contributed by atoms with van der Waals surface area (Å²) in [6, 6.07) is 4.10. The molecule has 1 aliphatic heterocycles. The van der Waals surface area contributed by atoms with Crippen LogP contribution in [0.4, 0.5) is 4.79 Å². The van der Waals surface area contributed by atoms with Crippen LogP contribution < -0.4 is 10.6 Å². The minimum absolute atomic E-state index is 0.0542. The van der Waals surface area contributed by atoms with E-state index in [4.69, 9.17) is 32.7 Å². The first-order valence-corrected chi connectivity index (χ1v) is 10.4. The Morgan fingerprint density at radius 1 is 1.21 bits per heavy atom. The first-order valence-electron chi connectivity index (χ1n) is 8.46. The molecule has 1 aromatic carbocycles. The Balaban J connectivity index is 1.89. The van der Waals surface area contributed by atoms with Gasteiger partial charge in [-0.05, 0) is 31.5 Å². The lowest BCUT2D eigenvalue weighted by molar-refractivity contribution is -0.141. The van der Waals surface area contributed by atoms with E-state index in [1.165, 1.54) is 11.8 Å². The lowest BCUT2D eigenvalue weighted by Crippen LogP contribution is -2.49. The van der Waals surface area contributed by atoms with Gasteiger partial charge in [-0.2, -0.15) is 0 Å². The third-order valence-electron chi connectivity index (χ3n) is 3.72. The Bertz CT molecular complexity index is 800. The third-order valence-corrected chi connectivity index (χ3v) is 5.39. The molecule has 10 heteroatoms. The maximum atomic E-state index is 12.1. The van der Waals surface area contributed by atoms with Crippen LogP contribution in [-0.2, 0) is 25.7 Å². The first-order chi connectivity index (χ1) is 13.3. The number of ether oxygens (including phenoxy) is 2. The predicted molar refractivity (Wildman–Crippen MR) is 108 cm³/mol. The van der Waals surface area contributed by atoms with Gasteiger partial charge in [0.25, 0.3) is 0 Å². The number of esters is 2. The number of amides is 2. The largest absolute Gasteiger partial charge is 0.463 e. The van der Waals surface area contributed by atoms with E-state index in [0.29, 0.717) is 21.3 Å². The summed E-state index contributed by atoms with van der Waals surface area (Å²) < 4.78 is 10.2. The van der Waals surface area contributed by atoms with Crippen LogP contribution in [0.3, 0.4) is 0 Å². The molecule has 2 rings (SSSR count). The van der Waals surface area contributed by atoms with Crippen molar-refractivity contribution < 1.29 is 23.9 Å². The highest BCUT2D eigenvalue weighted by atomic mass is 35.5. The molecule has 0 saturated heterocycles. The molecule has 1 heterocycles. The highest BCUT2D eigenvalue weighted by Gasteiger charge is 2.29. The van der Waals surface area contributed by atoms with Crippen LogP contribution in [0.2, 0.25) is 10.0 Å². The fourth-order valence-electron chi connectivity index (χ4n) is 2.46. The zero-order valence-electron chi connectivity index (χ0n) is 15.3. The molecule has 0 aliphatic carbocycles. The quantitative estimate of drug-likeness (QED) is 0.595. The molecule has 0 bridgehead atoms. The summed E-state index contributed by atoms with van der Waals surface area (Å²) >= 11 is 13.0. The van der Waals surface area contributed by atoms with E-state index < -0.39 is 24.0 Å². The molecular weight excluding hydrogens is 427 g/mol. The summed E-state index contributed by atoms with van der Waals surface area (Å²) in [4.78, 5) is 35.8. The minimum atomic E-state index is -0.500. The Kier molecular flexibility index (Phi) is 8.47. The maximum absolute atomic E-state index is 12.1. The first kappa shape index (κ1) is 22.4. The molecule has 0 aromatic heterocycles. The molecule has 0 fully saturated rings. The highest BCUT2D eigenvalue weighted by molar-refractivity contribution is 8.00. The molecule has 1 aliphatic rings. The highest BCUT2D eigenvalue weighted by Crippen LogP contribution is 2.23. The van der Waals surface area contributed by atoms with E-state index in [2.05, 4.69) is 10.6 Å². The molecule has 0 spiro atoms. The monoisotopic (exact) mass is 446 g/mol. The Morgan fingerprint density at radius 3 is 2.64 bits per heavy atom. The fourth-order valence-corrected chi connectivity index (χ4v) is 3.57. The van der Waals surface area contributed by atoms with Gasteiger partial charge < -0.3 is 20.1 Å². The van der Waals surface area contributed by atoms with Crippen molar-refractivity contribution in [2.24, 2.45) is 0 Å². The van der Waals surface area contributed by atoms with E-state index >= 15 is 0 Å². The van der Waals surface area contributed by atoms with Crippen molar-refractivity contribution in [1.82, 2.24) is 10.6 Å². The SMILES string of the molecule is CCOC(=O)C1=C(CSCC(=O)OCc2ccc(Cl)c(Cl)c2)NC(=O)NC1C. The van der Waals surface area contributed by atoms with Crippen molar-refractivity contribution in [3.8, 4) is 0 Å². The van der Waals surface area contributed by atoms with Crippen LogP contribution in [0.1, 0.15) is 19.4 Å². The van der Waals surface area contributed by atoms with Crippen molar-refractivity contribution in [2.75, 3.05) is 18.1 Å². The van der Waals surface area contributed by atoms with Crippen molar-refractivity contribution in [2.45, 2.75) is 26.5 Å². The van der Waals surface area contributed by atoms with E-state index in [0.717, 1.165) is 5.56 Å². The average molecular weight is 447 g/mol. The van der Waals surface area contributed by atoms with Gasteiger partial charge in [0, 0.05) is 11.4 Å². The van der Waals surface area contributed by atoms with Gasteiger partial charge in [0.1, 0.15) is 6.61 Å². The van der Waals surface area contributed by atoms with Crippen LogP contribution in [0.5, 0.6) is 0 Å². The second kappa shape index (κ2) is 10.6. The standard InChI is InChI=1S/C18H20Cl2N2O5S/c1-3-26-17(24)16-10(2)21-18(25)22-14(16)8-28-9-15(23)27-7-11-4-5-12(19)13(20)6-11/h4-6,10H,3,7-9H2,1-2H3,(H2,21,22,25). The molecule has 28 heavy (non-hydrogen) atoms. The normalized spacial score (nSPS) is 16.3. The number of carbonyl (C=O) groups is 3. The molecule has 0 radical (unpaired) electrons. The van der Waals surface area contributed by atoms with Gasteiger partial charge in [-0.1, -0.05) is 29.3 Å². The number of thioether (sulfide) groups is 1. The number of benzene rings is 1. The van der Waals surface area contributed by atoms with E-state index in [1.54, 1.807) is 32.0 Å². The molecule has 2 N–H and O–H groups in total. The summed E-state index contributed by atoms with van der Waals surface area (Å²) in [5.74, 6) is -0.616. The van der Waals surface area contributed by atoms with Gasteiger partial charge in [-0.15, -0.1) is 11.8 Å². The van der Waals surface area contributed by atoms with E-state index in [-0.39, 0.29) is 24.7 Å². The van der Waals surface area contributed by atoms with Gasteiger partial charge in [-0.25, -0.2) is 9.59 Å². The number of hydrogen-bond donors (Lipinski definition) is 2. The predicted octanol–water partition coefficient (Wildman–Crippen LogP) is 3.29. The lowest BCUT2D eigenvalue weighted by Gasteiger charge is -2.26. The fraction of sp³-hybridized carbons (Fsp3) is 0.389. The second-order valence-corrected chi connectivity index (χ2v) is 7.63. The van der Waals surface area contributed by atoms with E-state index in [9.17, 15) is 14.4 Å². The molecule has 0 saturated carbocycles. The number of rotatable bonds is 8. The molecule has 152 valence electrons. The summed E-state index contributed by atoms with van der Waals surface area (Å²) in [7, 11) is 0. The van der Waals surface area contributed by atoms with Gasteiger partial charge >= 0.3 is 18.0 Å².